The van der Waals surface area contributed by atoms with Crippen LogP contribution in [0.5, 0.6) is 0 Å². The van der Waals surface area contributed by atoms with Gasteiger partial charge in [0, 0.05) is 3.57 Å². The van der Waals surface area contributed by atoms with E-state index in [1.165, 1.54) is 24.3 Å². The summed E-state index contributed by atoms with van der Waals surface area (Å²) in [6, 6.07) is 10.9. The van der Waals surface area contributed by atoms with E-state index < -0.39 is 15.8 Å². The molecule has 2 rings (SSSR count). The van der Waals surface area contributed by atoms with E-state index in [0.717, 1.165) is 12.0 Å². The number of anilines is 1. The highest BCUT2D eigenvalue weighted by Gasteiger charge is 2.16. The summed E-state index contributed by atoms with van der Waals surface area (Å²) < 4.78 is 41.0. The highest BCUT2D eigenvalue weighted by atomic mass is 127. The minimum atomic E-state index is -3.77. The highest BCUT2D eigenvalue weighted by Crippen LogP contribution is 2.21. The molecule has 2 aromatic carbocycles. The number of benzene rings is 2. The largest absolute Gasteiger partial charge is 0.277 e. The number of sulfonamides is 1. The third kappa shape index (κ3) is 3.49. The molecule has 0 saturated carbocycles. The van der Waals surface area contributed by atoms with E-state index in [4.69, 9.17) is 0 Å². The van der Waals surface area contributed by atoms with Crippen molar-refractivity contribution in [1.82, 2.24) is 0 Å². The Morgan fingerprint density at radius 2 is 1.80 bits per heavy atom. The molecule has 0 saturated heterocycles. The number of aryl methyl sites for hydroxylation is 1. The van der Waals surface area contributed by atoms with Gasteiger partial charge in [-0.25, -0.2) is 12.8 Å². The van der Waals surface area contributed by atoms with Gasteiger partial charge in [0.25, 0.3) is 10.0 Å². The van der Waals surface area contributed by atoms with Crippen LogP contribution in [0.1, 0.15) is 12.5 Å². The lowest BCUT2D eigenvalue weighted by Crippen LogP contribution is -2.14. The summed E-state index contributed by atoms with van der Waals surface area (Å²) in [5, 5.41) is 0. The number of rotatable bonds is 4. The Kier molecular flexibility index (Phi) is 4.64. The number of hydrogen-bond acceptors (Lipinski definition) is 2. The predicted octanol–water partition coefficient (Wildman–Crippen LogP) is 3.79. The molecule has 20 heavy (non-hydrogen) atoms. The van der Waals surface area contributed by atoms with Crippen molar-refractivity contribution in [2.24, 2.45) is 0 Å². The number of hydrogen-bond donors (Lipinski definition) is 1. The zero-order chi connectivity index (χ0) is 14.8. The van der Waals surface area contributed by atoms with Gasteiger partial charge in [-0.3, -0.25) is 4.72 Å². The standard InChI is InChI=1S/C14H13FINO2S/c1-2-10-3-6-12(7-4-10)20(18,19)17-14-8-5-11(16)9-13(14)15/h3-9,17H,2H2,1H3. The summed E-state index contributed by atoms with van der Waals surface area (Å²) in [5.74, 6) is -0.592. The SMILES string of the molecule is CCc1ccc(S(=O)(=O)Nc2ccc(I)cc2F)cc1. The zero-order valence-electron chi connectivity index (χ0n) is 10.7. The predicted molar refractivity (Wildman–Crippen MR) is 85.7 cm³/mol. The second-order valence-electron chi connectivity index (χ2n) is 4.23. The first-order valence-electron chi connectivity index (χ1n) is 5.99. The maximum absolute atomic E-state index is 13.7. The normalized spacial score (nSPS) is 11.3. The molecule has 106 valence electrons. The molecule has 0 aliphatic rings. The van der Waals surface area contributed by atoms with E-state index in [0.29, 0.717) is 3.57 Å². The van der Waals surface area contributed by atoms with Crippen LogP contribution in [-0.2, 0) is 16.4 Å². The highest BCUT2D eigenvalue weighted by molar-refractivity contribution is 14.1. The summed E-state index contributed by atoms with van der Waals surface area (Å²) in [4.78, 5) is 0.118. The van der Waals surface area contributed by atoms with Crippen molar-refractivity contribution in [3.8, 4) is 0 Å². The van der Waals surface area contributed by atoms with Crippen LogP contribution in [0.2, 0.25) is 0 Å². The summed E-state index contributed by atoms with van der Waals surface area (Å²) in [7, 11) is -3.77. The second-order valence-corrected chi connectivity index (χ2v) is 7.16. The molecule has 0 spiro atoms. The first kappa shape index (κ1) is 15.2. The van der Waals surface area contributed by atoms with Crippen molar-refractivity contribution in [2.45, 2.75) is 18.2 Å². The fourth-order valence-corrected chi connectivity index (χ4v) is 3.20. The van der Waals surface area contributed by atoms with Crippen LogP contribution >= 0.6 is 22.6 Å². The Bertz CT molecular complexity index is 714. The Morgan fingerprint density at radius 1 is 1.15 bits per heavy atom. The maximum Gasteiger partial charge on any atom is 0.261 e. The average molecular weight is 405 g/mol. The number of halogens is 2. The van der Waals surface area contributed by atoms with Crippen molar-refractivity contribution >= 4 is 38.3 Å². The lowest BCUT2D eigenvalue weighted by molar-refractivity contribution is 0.598. The van der Waals surface area contributed by atoms with Crippen LogP contribution in [0.4, 0.5) is 10.1 Å². The van der Waals surface area contributed by atoms with Gasteiger partial charge in [0.15, 0.2) is 0 Å². The first-order chi connectivity index (χ1) is 9.42. The number of nitrogens with one attached hydrogen (secondary N) is 1. The van der Waals surface area contributed by atoms with Crippen molar-refractivity contribution in [3.05, 3.63) is 57.4 Å². The monoisotopic (exact) mass is 405 g/mol. The molecular weight excluding hydrogens is 392 g/mol. The molecular formula is C14H13FINO2S. The molecule has 3 nitrogen and oxygen atoms in total. The van der Waals surface area contributed by atoms with Crippen LogP contribution in [0.15, 0.2) is 47.4 Å². The van der Waals surface area contributed by atoms with Crippen LogP contribution in [0.3, 0.4) is 0 Å². The van der Waals surface area contributed by atoms with Crippen molar-refractivity contribution < 1.29 is 12.8 Å². The maximum atomic E-state index is 13.7. The molecule has 0 heterocycles. The fraction of sp³-hybridized carbons (Fsp3) is 0.143. The van der Waals surface area contributed by atoms with Gasteiger partial charge in [0.1, 0.15) is 5.82 Å². The van der Waals surface area contributed by atoms with Gasteiger partial charge in [0.2, 0.25) is 0 Å². The van der Waals surface area contributed by atoms with E-state index in [-0.39, 0.29) is 10.6 Å². The minimum Gasteiger partial charge on any atom is -0.277 e. The molecule has 0 amide bonds. The summed E-state index contributed by atoms with van der Waals surface area (Å²) in [5.41, 5.74) is 0.995. The van der Waals surface area contributed by atoms with Gasteiger partial charge in [-0.15, -0.1) is 0 Å². The molecule has 0 bridgehead atoms. The Morgan fingerprint density at radius 3 is 2.35 bits per heavy atom. The molecule has 1 N–H and O–H groups in total. The molecule has 0 aliphatic heterocycles. The molecule has 2 aromatic rings. The lowest BCUT2D eigenvalue weighted by Gasteiger charge is -2.09. The molecule has 0 unspecified atom stereocenters. The molecule has 0 aromatic heterocycles. The average Bonchev–Trinajstić information content (AvgIpc) is 2.42. The van der Waals surface area contributed by atoms with E-state index in [1.807, 2.05) is 29.5 Å². The summed E-state index contributed by atoms with van der Waals surface area (Å²) >= 11 is 1.96. The van der Waals surface area contributed by atoms with Crippen molar-refractivity contribution in [1.29, 1.82) is 0 Å². The quantitative estimate of drug-likeness (QED) is 0.787. The first-order valence-corrected chi connectivity index (χ1v) is 8.55. The molecule has 0 atom stereocenters. The molecule has 0 radical (unpaired) electrons. The third-order valence-electron chi connectivity index (χ3n) is 2.82. The van der Waals surface area contributed by atoms with Gasteiger partial charge in [-0.05, 0) is 64.9 Å². The van der Waals surface area contributed by atoms with Gasteiger partial charge in [0.05, 0.1) is 10.6 Å². The topological polar surface area (TPSA) is 46.2 Å². The minimum absolute atomic E-state index is 0.0509. The van der Waals surface area contributed by atoms with Gasteiger partial charge < -0.3 is 0 Å². The van der Waals surface area contributed by atoms with Crippen molar-refractivity contribution in [3.63, 3.8) is 0 Å². The molecule has 0 fully saturated rings. The Labute approximate surface area is 131 Å². The second kappa shape index (κ2) is 6.09. The summed E-state index contributed by atoms with van der Waals surface area (Å²) in [6.45, 7) is 1.99. The van der Waals surface area contributed by atoms with E-state index >= 15 is 0 Å². The van der Waals surface area contributed by atoms with Gasteiger partial charge in [-0.2, -0.15) is 0 Å². The van der Waals surface area contributed by atoms with Crippen LogP contribution < -0.4 is 4.72 Å². The third-order valence-corrected chi connectivity index (χ3v) is 4.87. The van der Waals surface area contributed by atoms with Crippen LogP contribution in [0.25, 0.3) is 0 Å². The van der Waals surface area contributed by atoms with Crippen LogP contribution in [-0.4, -0.2) is 8.42 Å². The summed E-state index contributed by atoms with van der Waals surface area (Å²) in [6.07, 6.45) is 0.833. The van der Waals surface area contributed by atoms with E-state index in [2.05, 4.69) is 4.72 Å². The zero-order valence-corrected chi connectivity index (χ0v) is 13.7. The van der Waals surface area contributed by atoms with Gasteiger partial charge in [-0.1, -0.05) is 19.1 Å². The van der Waals surface area contributed by atoms with E-state index in [9.17, 15) is 12.8 Å². The Hall–Kier alpha value is -1.15. The molecule has 0 aliphatic carbocycles. The van der Waals surface area contributed by atoms with E-state index in [1.54, 1.807) is 18.2 Å². The van der Waals surface area contributed by atoms with Crippen molar-refractivity contribution in [2.75, 3.05) is 4.72 Å². The lowest BCUT2D eigenvalue weighted by atomic mass is 10.2. The Balaban J connectivity index is 2.30. The van der Waals surface area contributed by atoms with Gasteiger partial charge >= 0.3 is 0 Å². The van der Waals surface area contributed by atoms with Crippen LogP contribution in [0, 0.1) is 9.39 Å². The fourth-order valence-electron chi connectivity index (χ4n) is 1.68. The molecule has 6 heteroatoms. The smallest absolute Gasteiger partial charge is 0.261 e.